The number of amides is 1. The SMILES string of the molecule is Cc1ccc(S(=O)(=O)N2CCc3nc(N)c(C(N)=O)cc3C2)cc1F. The van der Waals surface area contributed by atoms with E-state index in [0.717, 1.165) is 6.07 Å². The molecule has 0 unspecified atom stereocenters. The molecular formula is C16H17FN4O3S. The normalized spacial score (nSPS) is 15.0. The zero-order valence-electron chi connectivity index (χ0n) is 13.5. The van der Waals surface area contributed by atoms with Gasteiger partial charge in [0.05, 0.1) is 10.5 Å². The number of rotatable bonds is 3. The van der Waals surface area contributed by atoms with Crippen LogP contribution in [0.1, 0.15) is 27.2 Å². The predicted molar refractivity (Wildman–Crippen MR) is 89.6 cm³/mol. The number of halogens is 1. The van der Waals surface area contributed by atoms with Crippen LogP contribution in [-0.2, 0) is 23.0 Å². The first-order valence-electron chi connectivity index (χ1n) is 7.54. The van der Waals surface area contributed by atoms with Crippen molar-refractivity contribution >= 4 is 21.7 Å². The molecule has 0 bridgehead atoms. The molecule has 1 aromatic heterocycles. The van der Waals surface area contributed by atoms with Crippen molar-refractivity contribution in [3.05, 3.63) is 52.5 Å². The maximum absolute atomic E-state index is 13.7. The van der Waals surface area contributed by atoms with Crippen molar-refractivity contribution in [3.8, 4) is 0 Å². The van der Waals surface area contributed by atoms with E-state index in [1.807, 2.05) is 0 Å². The van der Waals surface area contributed by atoms with E-state index in [1.165, 1.54) is 22.5 Å². The fourth-order valence-corrected chi connectivity index (χ4v) is 4.18. The number of anilines is 1. The Balaban J connectivity index is 1.97. The number of carbonyl (C=O) groups is 1. The number of hydrogen-bond acceptors (Lipinski definition) is 5. The number of primary amides is 1. The summed E-state index contributed by atoms with van der Waals surface area (Å²) in [5.41, 5.74) is 12.6. The molecule has 0 saturated heterocycles. The topological polar surface area (TPSA) is 119 Å². The van der Waals surface area contributed by atoms with Gasteiger partial charge in [0, 0.05) is 25.2 Å². The van der Waals surface area contributed by atoms with Gasteiger partial charge in [-0.3, -0.25) is 4.79 Å². The molecule has 0 atom stereocenters. The molecule has 25 heavy (non-hydrogen) atoms. The van der Waals surface area contributed by atoms with Crippen molar-refractivity contribution in [1.82, 2.24) is 9.29 Å². The largest absolute Gasteiger partial charge is 0.383 e. The molecule has 0 spiro atoms. The van der Waals surface area contributed by atoms with E-state index < -0.39 is 21.7 Å². The zero-order chi connectivity index (χ0) is 18.4. The highest BCUT2D eigenvalue weighted by molar-refractivity contribution is 7.89. The fourth-order valence-electron chi connectivity index (χ4n) is 2.75. The summed E-state index contributed by atoms with van der Waals surface area (Å²) in [7, 11) is -3.87. The van der Waals surface area contributed by atoms with Gasteiger partial charge < -0.3 is 11.5 Å². The maximum Gasteiger partial charge on any atom is 0.252 e. The molecule has 3 rings (SSSR count). The summed E-state index contributed by atoms with van der Waals surface area (Å²) in [6, 6.07) is 5.28. The minimum atomic E-state index is -3.87. The molecule has 7 nitrogen and oxygen atoms in total. The summed E-state index contributed by atoms with van der Waals surface area (Å²) >= 11 is 0. The van der Waals surface area contributed by atoms with Crippen LogP contribution >= 0.6 is 0 Å². The number of nitrogens with zero attached hydrogens (tertiary/aromatic N) is 2. The van der Waals surface area contributed by atoms with Crippen molar-refractivity contribution in [1.29, 1.82) is 0 Å². The number of fused-ring (bicyclic) bond motifs is 1. The van der Waals surface area contributed by atoms with Gasteiger partial charge in [-0.2, -0.15) is 4.31 Å². The molecule has 0 aliphatic carbocycles. The van der Waals surface area contributed by atoms with Crippen molar-refractivity contribution < 1.29 is 17.6 Å². The number of aryl methyl sites for hydroxylation is 1. The molecule has 132 valence electrons. The molecule has 9 heteroatoms. The number of aromatic nitrogens is 1. The van der Waals surface area contributed by atoms with Crippen LogP contribution in [0.2, 0.25) is 0 Å². The van der Waals surface area contributed by atoms with Gasteiger partial charge in [0.15, 0.2) is 0 Å². The van der Waals surface area contributed by atoms with E-state index >= 15 is 0 Å². The third-order valence-electron chi connectivity index (χ3n) is 4.21. The molecule has 2 heterocycles. The van der Waals surface area contributed by atoms with E-state index in [4.69, 9.17) is 11.5 Å². The van der Waals surface area contributed by atoms with Gasteiger partial charge in [0.1, 0.15) is 11.6 Å². The van der Waals surface area contributed by atoms with Crippen LogP contribution in [-0.4, -0.2) is 30.2 Å². The molecule has 1 amide bonds. The van der Waals surface area contributed by atoms with Gasteiger partial charge >= 0.3 is 0 Å². The summed E-state index contributed by atoms with van der Waals surface area (Å²) < 4.78 is 40.5. The van der Waals surface area contributed by atoms with E-state index in [0.29, 0.717) is 23.2 Å². The Labute approximate surface area is 144 Å². The number of benzene rings is 1. The molecule has 0 saturated carbocycles. The molecule has 1 aromatic carbocycles. The van der Waals surface area contributed by atoms with Gasteiger partial charge in [-0.25, -0.2) is 17.8 Å². The van der Waals surface area contributed by atoms with E-state index in [2.05, 4.69) is 4.98 Å². The molecule has 1 aliphatic rings. The highest BCUT2D eigenvalue weighted by Crippen LogP contribution is 2.27. The highest BCUT2D eigenvalue weighted by Gasteiger charge is 2.30. The Bertz CT molecular complexity index is 976. The number of carbonyl (C=O) groups excluding carboxylic acids is 1. The summed E-state index contributed by atoms with van der Waals surface area (Å²) in [5.74, 6) is -1.28. The van der Waals surface area contributed by atoms with E-state index in [1.54, 1.807) is 6.92 Å². The van der Waals surface area contributed by atoms with Crippen LogP contribution < -0.4 is 11.5 Å². The predicted octanol–water partition coefficient (Wildman–Crippen LogP) is 0.957. The van der Waals surface area contributed by atoms with Crippen LogP contribution in [0.4, 0.5) is 10.2 Å². The third kappa shape index (κ3) is 3.08. The molecular weight excluding hydrogens is 347 g/mol. The fraction of sp³-hybridized carbons (Fsp3) is 0.250. The van der Waals surface area contributed by atoms with Crippen LogP contribution in [0.5, 0.6) is 0 Å². The molecule has 1 aliphatic heterocycles. The number of hydrogen-bond donors (Lipinski definition) is 2. The smallest absolute Gasteiger partial charge is 0.252 e. The third-order valence-corrected chi connectivity index (χ3v) is 6.05. The first-order valence-corrected chi connectivity index (χ1v) is 8.98. The zero-order valence-corrected chi connectivity index (χ0v) is 14.3. The summed E-state index contributed by atoms with van der Waals surface area (Å²) in [5, 5.41) is 0. The van der Waals surface area contributed by atoms with Gasteiger partial charge in [-0.1, -0.05) is 6.07 Å². The first-order chi connectivity index (χ1) is 11.7. The van der Waals surface area contributed by atoms with Crippen LogP contribution in [0.3, 0.4) is 0 Å². The Kier molecular flexibility index (Phi) is 4.21. The second kappa shape index (κ2) is 6.08. The lowest BCUT2D eigenvalue weighted by molar-refractivity contribution is 0.100. The lowest BCUT2D eigenvalue weighted by atomic mass is 10.0. The number of nitrogen functional groups attached to an aromatic ring is 1. The standard InChI is InChI=1S/C16H17FN4O3S/c1-9-2-3-11(7-13(9)17)25(23,24)21-5-4-14-10(8-21)6-12(16(19)22)15(18)20-14/h2-3,6-7H,4-5,8H2,1H3,(H2,18,20)(H2,19,22). The quantitative estimate of drug-likeness (QED) is 0.840. The molecule has 0 radical (unpaired) electrons. The van der Waals surface area contributed by atoms with E-state index in [-0.39, 0.29) is 29.4 Å². The Morgan fingerprint density at radius 3 is 2.68 bits per heavy atom. The second-order valence-electron chi connectivity index (χ2n) is 5.89. The average Bonchev–Trinajstić information content (AvgIpc) is 2.55. The molecule has 0 fully saturated rings. The molecule has 4 N–H and O–H groups in total. The van der Waals surface area contributed by atoms with Crippen LogP contribution in [0.25, 0.3) is 0 Å². The van der Waals surface area contributed by atoms with Gasteiger partial charge in [-0.05, 0) is 36.2 Å². The molecule has 2 aromatic rings. The minimum Gasteiger partial charge on any atom is -0.383 e. The van der Waals surface area contributed by atoms with Crippen molar-refractivity contribution in [3.63, 3.8) is 0 Å². The Hall–Kier alpha value is -2.52. The number of pyridine rings is 1. The lowest BCUT2D eigenvalue weighted by Crippen LogP contribution is -2.36. The van der Waals surface area contributed by atoms with Crippen molar-refractivity contribution in [2.75, 3.05) is 12.3 Å². The van der Waals surface area contributed by atoms with Crippen LogP contribution in [0, 0.1) is 12.7 Å². The minimum absolute atomic E-state index is 0.0146. The second-order valence-corrected chi connectivity index (χ2v) is 7.83. The summed E-state index contributed by atoms with van der Waals surface area (Å²) in [4.78, 5) is 15.4. The lowest BCUT2D eigenvalue weighted by Gasteiger charge is -2.28. The average molecular weight is 364 g/mol. The van der Waals surface area contributed by atoms with Crippen molar-refractivity contribution in [2.45, 2.75) is 24.8 Å². The van der Waals surface area contributed by atoms with E-state index in [9.17, 15) is 17.6 Å². The van der Waals surface area contributed by atoms with Gasteiger partial charge in [-0.15, -0.1) is 0 Å². The summed E-state index contributed by atoms with van der Waals surface area (Å²) in [6.07, 6.45) is 0.339. The Morgan fingerprint density at radius 2 is 2.04 bits per heavy atom. The monoisotopic (exact) mass is 364 g/mol. The van der Waals surface area contributed by atoms with Crippen molar-refractivity contribution in [2.24, 2.45) is 5.73 Å². The highest BCUT2D eigenvalue weighted by atomic mass is 32.2. The number of nitrogens with two attached hydrogens (primary N) is 2. The Morgan fingerprint density at radius 1 is 1.32 bits per heavy atom. The van der Waals surface area contributed by atoms with Gasteiger partial charge in [0.2, 0.25) is 10.0 Å². The van der Waals surface area contributed by atoms with Crippen LogP contribution in [0.15, 0.2) is 29.2 Å². The van der Waals surface area contributed by atoms with Gasteiger partial charge in [0.25, 0.3) is 5.91 Å². The summed E-state index contributed by atoms with van der Waals surface area (Å²) in [6.45, 7) is 1.76. The number of sulfonamides is 1. The first kappa shape index (κ1) is 17.3. The maximum atomic E-state index is 13.7.